The van der Waals surface area contributed by atoms with Crippen LogP contribution in [0.15, 0.2) is 30.6 Å². The third-order valence-electron chi connectivity index (χ3n) is 7.43. The lowest BCUT2D eigenvalue weighted by atomic mass is 9.94. The van der Waals surface area contributed by atoms with E-state index in [2.05, 4.69) is 10.4 Å². The normalized spacial score (nSPS) is 23.8. The molecule has 3 heterocycles. The number of nitrogens with one attached hydrogen (secondary N) is 1. The van der Waals surface area contributed by atoms with Gasteiger partial charge in [-0.1, -0.05) is 6.07 Å². The molecule has 0 spiro atoms. The molecule has 3 amide bonds. The minimum absolute atomic E-state index is 0.00337. The van der Waals surface area contributed by atoms with Crippen molar-refractivity contribution in [2.45, 2.75) is 76.5 Å². The van der Waals surface area contributed by atoms with Gasteiger partial charge in [-0.25, -0.2) is 13.6 Å². The molecular weight excluding hydrogens is 484 g/mol. The van der Waals surface area contributed by atoms with Gasteiger partial charge in [-0.3, -0.25) is 19.2 Å². The maximum atomic E-state index is 13.6. The van der Waals surface area contributed by atoms with E-state index in [1.165, 1.54) is 11.8 Å². The zero-order valence-electron chi connectivity index (χ0n) is 21.0. The number of nitrogens with zero attached hydrogens (tertiary/aromatic N) is 4. The monoisotopic (exact) mass is 515 g/mol. The Hall–Kier alpha value is -3.50. The molecule has 1 N–H and O–H groups in total. The molecule has 1 aromatic carbocycles. The van der Waals surface area contributed by atoms with Gasteiger partial charge in [-0.15, -0.1) is 0 Å². The van der Waals surface area contributed by atoms with Gasteiger partial charge in [-0.05, 0) is 43.9 Å². The molecule has 2 aliphatic heterocycles. The van der Waals surface area contributed by atoms with Gasteiger partial charge in [0.25, 0.3) is 0 Å². The molecule has 198 valence electrons. The quantitative estimate of drug-likeness (QED) is 0.658. The smallest absolute Gasteiger partial charge is 0.414 e. The maximum absolute atomic E-state index is 13.6. The number of halogens is 2. The highest BCUT2D eigenvalue weighted by Gasteiger charge is 2.39. The van der Waals surface area contributed by atoms with E-state index in [0.717, 1.165) is 17.5 Å². The number of hydrogen-bond acceptors (Lipinski definition) is 5. The topological polar surface area (TPSA) is 96.8 Å². The zero-order chi connectivity index (χ0) is 26.3. The number of amides is 3. The number of benzene rings is 1. The van der Waals surface area contributed by atoms with E-state index in [0.29, 0.717) is 24.3 Å². The van der Waals surface area contributed by atoms with Crippen molar-refractivity contribution in [3.8, 4) is 11.1 Å². The average molecular weight is 516 g/mol. The maximum Gasteiger partial charge on any atom is 0.414 e. The predicted octanol–water partition coefficient (Wildman–Crippen LogP) is 4.28. The van der Waals surface area contributed by atoms with Crippen LogP contribution in [0.5, 0.6) is 0 Å². The van der Waals surface area contributed by atoms with Crippen LogP contribution >= 0.6 is 0 Å². The van der Waals surface area contributed by atoms with E-state index in [4.69, 9.17) is 4.74 Å². The molecular formula is C26H31F2N5O4. The Bertz CT molecular complexity index is 1210. The summed E-state index contributed by atoms with van der Waals surface area (Å²) in [7, 11) is 0. The largest absolute Gasteiger partial charge is 0.446 e. The lowest BCUT2D eigenvalue weighted by Crippen LogP contribution is -2.52. The van der Waals surface area contributed by atoms with Crippen molar-refractivity contribution in [3.63, 3.8) is 0 Å². The van der Waals surface area contributed by atoms with Crippen molar-refractivity contribution in [2.75, 3.05) is 22.9 Å². The van der Waals surface area contributed by atoms with Crippen molar-refractivity contribution in [3.05, 3.63) is 30.6 Å². The number of fused-ring (bicyclic) bond motifs is 1. The molecule has 2 fully saturated rings. The molecule has 0 radical (unpaired) electrons. The molecule has 1 aliphatic carbocycles. The number of carbonyl (C=O) groups excluding carboxylic acids is 3. The summed E-state index contributed by atoms with van der Waals surface area (Å²) in [6, 6.07) is 5.17. The third kappa shape index (κ3) is 5.17. The van der Waals surface area contributed by atoms with Crippen LogP contribution in [-0.4, -0.2) is 58.8 Å². The number of rotatable bonds is 3. The molecule has 2 atom stereocenters. The summed E-state index contributed by atoms with van der Waals surface area (Å²) in [4.78, 5) is 40.7. The van der Waals surface area contributed by atoms with E-state index in [1.54, 1.807) is 21.8 Å². The summed E-state index contributed by atoms with van der Waals surface area (Å²) in [6.45, 7) is 4.15. The van der Waals surface area contributed by atoms with Crippen LogP contribution in [0.2, 0.25) is 0 Å². The predicted molar refractivity (Wildman–Crippen MR) is 133 cm³/mol. The zero-order valence-corrected chi connectivity index (χ0v) is 21.0. The molecule has 1 aromatic heterocycles. The Labute approximate surface area is 213 Å². The second kappa shape index (κ2) is 9.75. The SMILES string of the molecule is CC(=O)N1c2ccc(-c3cnn(C4CCNC(=O)C4)c3)cc2N(C(=O)OC2CCC(F)(F)CC2)CC1C. The summed E-state index contributed by atoms with van der Waals surface area (Å²) < 4.78 is 34.6. The first-order chi connectivity index (χ1) is 17.6. The fraction of sp³-hybridized carbons (Fsp3) is 0.538. The first-order valence-corrected chi connectivity index (χ1v) is 12.7. The van der Waals surface area contributed by atoms with Gasteiger partial charge in [0.05, 0.1) is 29.7 Å². The molecule has 1 saturated carbocycles. The van der Waals surface area contributed by atoms with Gasteiger partial charge in [0.1, 0.15) is 6.10 Å². The van der Waals surface area contributed by atoms with Crippen LogP contribution in [0.3, 0.4) is 0 Å². The van der Waals surface area contributed by atoms with E-state index in [-0.39, 0.29) is 56.1 Å². The molecule has 9 nitrogen and oxygen atoms in total. The lowest BCUT2D eigenvalue weighted by Gasteiger charge is -2.41. The number of alkyl halides is 2. The Morgan fingerprint density at radius 2 is 1.89 bits per heavy atom. The highest BCUT2D eigenvalue weighted by Crippen LogP contribution is 2.40. The summed E-state index contributed by atoms with van der Waals surface area (Å²) in [6.07, 6.45) is 3.22. The van der Waals surface area contributed by atoms with E-state index in [9.17, 15) is 23.2 Å². The molecule has 3 aliphatic rings. The van der Waals surface area contributed by atoms with E-state index in [1.807, 2.05) is 25.3 Å². The van der Waals surface area contributed by atoms with Crippen LogP contribution in [0, 0.1) is 0 Å². The third-order valence-corrected chi connectivity index (χ3v) is 7.43. The highest BCUT2D eigenvalue weighted by molar-refractivity contribution is 6.03. The van der Waals surface area contributed by atoms with E-state index < -0.39 is 18.1 Å². The highest BCUT2D eigenvalue weighted by atomic mass is 19.3. The number of anilines is 2. The van der Waals surface area contributed by atoms with Crippen LogP contribution in [0.4, 0.5) is 25.0 Å². The van der Waals surface area contributed by atoms with Crippen LogP contribution in [0.1, 0.15) is 58.4 Å². The molecule has 11 heteroatoms. The molecule has 1 saturated heterocycles. The van der Waals surface area contributed by atoms with Crippen molar-refractivity contribution < 1.29 is 27.9 Å². The van der Waals surface area contributed by atoms with Crippen LogP contribution in [-0.2, 0) is 14.3 Å². The van der Waals surface area contributed by atoms with Gasteiger partial charge >= 0.3 is 6.09 Å². The standard InChI is InChI=1S/C26H31F2N5O4/c1-16-14-31(25(36)37-21-5-8-26(27,28)9-6-21)23-11-18(3-4-22(23)33(16)17(2)34)19-13-30-32(15-19)20-7-10-29-24(35)12-20/h3-4,11,13,15-16,20-21H,5-10,12,14H2,1-2H3,(H,29,35). The van der Waals surface area contributed by atoms with Gasteiger partial charge in [-0.2, -0.15) is 5.10 Å². The average Bonchev–Trinajstić information content (AvgIpc) is 3.35. The van der Waals surface area contributed by atoms with Crippen LogP contribution in [0.25, 0.3) is 11.1 Å². The molecule has 5 rings (SSSR count). The minimum Gasteiger partial charge on any atom is -0.446 e. The second-order valence-electron chi connectivity index (χ2n) is 10.2. The number of hydrogen-bond donors (Lipinski definition) is 1. The van der Waals surface area contributed by atoms with Crippen molar-refractivity contribution in [1.82, 2.24) is 15.1 Å². The minimum atomic E-state index is -2.71. The van der Waals surface area contributed by atoms with Crippen molar-refractivity contribution in [1.29, 1.82) is 0 Å². The van der Waals surface area contributed by atoms with Gasteiger partial charge in [0, 0.05) is 51.0 Å². The molecule has 2 unspecified atom stereocenters. The summed E-state index contributed by atoms with van der Waals surface area (Å²) >= 11 is 0. The van der Waals surface area contributed by atoms with Crippen LogP contribution < -0.4 is 15.1 Å². The Morgan fingerprint density at radius 3 is 2.59 bits per heavy atom. The molecule has 2 aromatic rings. The van der Waals surface area contributed by atoms with Gasteiger partial charge in [0.15, 0.2) is 0 Å². The number of aromatic nitrogens is 2. The van der Waals surface area contributed by atoms with Crippen molar-refractivity contribution in [2.24, 2.45) is 0 Å². The number of carbonyl (C=O) groups is 3. The van der Waals surface area contributed by atoms with Crippen molar-refractivity contribution >= 4 is 29.3 Å². The Kier molecular flexibility index (Phi) is 6.63. The summed E-state index contributed by atoms with van der Waals surface area (Å²) in [5.41, 5.74) is 2.70. The van der Waals surface area contributed by atoms with Gasteiger partial charge in [0.2, 0.25) is 17.7 Å². The number of piperidine rings is 1. The fourth-order valence-electron chi connectivity index (χ4n) is 5.47. The summed E-state index contributed by atoms with van der Waals surface area (Å²) in [5.74, 6) is -2.86. The Morgan fingerprint density at radius 1 is 1.14 bits per heavy atom. The van der Waals surface area contributed by atoms with Gasteiger partial charge < -0.3 is 15.0 Å². The molecule has 37 heavy (non-hydrogen) atoms. The number of ether oxygens (including phenoxy) is 1. The summed E-state index contributed by atoms with van der Waals surface area (Å²) in [5, 5.41) is 7.29. The molecule has 0 bridgehead atoms. The fourth-order valence-corrected chi connectivity index (χ4v) is 5.47. The first kappa shape index (κ1) is 25.2. The Balaban J connectivity index is 1.42. The van der Waals surface area contributed by atoms with E-state index >= 15 is 0 Å². The lowest BCUT2D eigenvalue weighted by molar-refractivity contribution is -0.123. The first-order valence-electron chi connectivity index (χ1n) is 12.7. The second-order valence-corrected chi connectivity index (χ2v) is 10.2.